The maximum Gasteiger partial charge on any atom is 2.00 e. The van der Waals surface area contributed by atoms with E-state index >= 15 is 0 Å². The molecule has 4 nitrogen and oxygen atoms in total. The molecule has 0 N–H and O–H groups in total. The average Bonchev–Trinajstić information content (AvgIpc) is 2.04. The Kier molecular flexibility index (Phi) is 4.17. The standard InChI is InChI=1S/C8H6O4.Mn/c9-7(10)5-2-1-3-6(4-5)8(11)12;/h1-4H,(H,9,10)(H,11,12);/q;+2/p-2. The molecule has 13 heavy (non-hydrogen) atoms. The van der Waals surface area contributed by atoms with Crippen LogP contribution in [-0.4, -0.2) is 11.9 Å². The maximum absolute atomic E-state index is 10.3. The van der Waals surface area contributed by atoms with E-state index in [9.17, 15) is 19.8 Å². The molecule has 1 rings (SSSR count). The van der Waals surface area contributed by atoms with Crippen LogP contribution in [0.25, 0.3) is 0 Å². The zero-order valence-corrected chi connectivity index (χ0v) is 7.50. The van der Waals surface area contributed by atoms with Crippen LogP contribution < -0.4 is 10.2 Å². The first-order chi connectivity index (χ1) is 5.61. The van der Waals surface area contributed by atoms with Crippen molar-refractivity contribution in [3.63, 3.8) is 0 Å². The van der Waals surface area contributed by atoms with Crippen molar-refractivity contribution in [2.24, 2.45) is 0 Å². The Morgan fingerprint density at radius 2 is 1.38 bits per heavy atom. The van der Waals surface area contributed by atoms with Crippen LogP contribution in [0.1, 0.15) is 20.7 Å². The zero-order chi connectivity index (χ0) is 9.14. The largest absolute Gasteiger partial charge is 2.00 e. The van der Waals surface area contributed by atoms with E-state index in [1.165, 1.54) is 18.2 Å². The van der Waals surface area contributed by atoms with Crippen LogP contribution in [0.2, 0.25) is 0 Å². The van der Waals surface area contributed by atoms with Gasteiger partial charge in [-0.3, -0.25) is 0 Å². The van der Waals surface area contributed by atoms with Gasteiger partial charge in [-0.2, -0.15) is 0 Å². The van der Waals surface area contributed by atoms with Gasteiger partial charge in [-0.25, -0.2) is 0 Å². The van der Waals surface area contributed by atoms with Gasteiger partial charge in [0.15, 0.2) is 0 Å². The first-order valence-electron chi connectivity index (χ1n) is 3.14. The van der Waals surface area contributed by atoms with Gasteiger partial charge < -0.3 is 19.8 Å². The molecule has 1 aromatic rings. The minimum absolute atomic E-state index is 0. The molecule has 0 fully saturated rings. The van der Waals surface area contributed by atoms with Crippen molar-refractivity contribution >= 4 is 11.9 Å². The summed E-state index contributed by atoms with van der Waals surface area (Å²) in [5, 5.41) is 20.5. The van der Waals surface area contributed by atoms with Crippen molar-refractivity contribution in [3.05, 3.63) is 35.4 Å². The minimum Gasteiger partial charge on any atom is -0.545 e. The van der Waals surface area contributed by atoms with Crippen molar-refractivity contribution in [1.29, 1.82) is 0 Å². The van der Waals surface area contributed by atoms with E-state index in [0.717, 1.165) is 6.07 Å². The van der Waals surface area contributed by atoms with Gasteiger partial charge in [-0.05, 0) is 17.2 Å². The summed E-state index contributed by atoms with van der Waals surface area (Å²) in [5.74, 6) is -2.81. The predicted molar refractivity (Wildman–Crippen MR) is 35.1 cm³/mol. The number of carboxylic acids is 2. The van der Waals surface area contributed by atoms with Gasteiger partial charge in [0.1, 0.15) is 0 Å². The zero-order valence-electron chi connectivity index (χ0n) is 6.32. The number of carbonyl (C=O) groups is 2. The Bertz CT molecular complexity index is 305. The van der Waals surface area contributed by atoms with Gasteiger partial charge in [0, 0.05) is 0 Å². The van der Waals surface area contributed by atoms with Crippen LogP contribution in [0.3, 0.4) is 0 Å². The third-order valence-electron chi connectivity index (χ3n) is 1.33. The van der Waals surface area contributed by atoms with Crippen molar-refractivity contribution in [2.45, 2.75) is 0 Å². The third-order valence-corrected chi connectivity index (χ3v) is 1.33. The molecule has 0 amide bonds. The Hall–Kier alpha value is -1.32. The fraction of sp³-hybridized carbons (Fsp3) is 0. The molecule has 0 unspecified atom stereocenters. The third kappa shape index (κ3) is 2.89. The second-order valence-electron chi connectivity index (χ2n) is 2.16. The summed E-state index contributed by atoms with van der Waals surface area (Å²) in [4.78, 5) is 20.5. The number of carboxylic acid groups (broad SMARTS) is 2. The van der Waals surface area contributed by atoms with Gasteiger partial charge in [-0.1, -0.05) is 18.2 Å². The molecule has 0 aliphatic rings. The Balaban J connectivity index is 0.00000144. The normalized spacial score (nSPS) is 8.62. The molecular formula is C8H4MnO4. The van der Waals surface area contributed by atoms with E-state index in [0.29, 0.717) is 0 Å². The number of hydrogen-bond acceptors (Lipinski definition) is 4. The molecule has 0 saturated heterocycles. The van der Waals surface area contributed by atoms with Gasteiger partial charge in [-0.15, -0.1) is 0 Å². The summed E-state index contributed by atoms with van der Waals surface area (Å²) in [7, 11) is 0. The Morgan fingerprint density at radius 3 is 1.69 bits per heavy atom. The number of carbonyl (C=O) groups excluding carboxylic acids is 2. The first kappa shape index (κ1) is 11.7. The second kappa shape index (κ2) is 4.64. The molecule has 0 spiro atoms. The predicted octanol–water partition coefficient (Wildman–Crippen LogP) is -1.59. The fourth-order valence-electron chi connectivity index (χ4n) is 0.773. The van der Waals surface area contributed by atoms with Crippen LogP contribution in [-0.2, 0) is 17.1 Å². The van der Waals surface area contributed by atoms with Gasteiger partial charge in [0.25, 0.3) is 0 Å². The number of rotatable bonds is 2. The number of benzene rings is 1. The fourth-order valence-corrected chi connectivity index (χ4v) is 0.773. The molecule has 0 aliphatic carbocycles. The summed E-state index contributed by atoms with van der Waals surface area (Å²) < 4.78 is 0. The van der Waals surface area contributed by atoms with Crippen molar-refractivity contribution in [2.75, 3.05) is 0 Å². The monoisotopic (exact) mass is 219 g/mol. The smallest absolute Gasteiger partial charge is 0.545 e. The van der Waals surface area contributed by atoms with Crippen LogP contribution >= 0.6 is 0 Å². The number of aromatic carboxylic acids is 2. The van der Waals surface area contributed by atoms with Crippen molar-refractivity contribution in [3.8, 4) is 0 Å². The average molecular weight is 219 g/mol. The molecule has 1 aromatic carbocycles. The van der Waals surface area contributed by atoms with Crippen molar-refractivity contribution < 1.29 is 36.9 Å². The second-order valence-corrected chi connectivity index (χ2v) is 2.16. The summed E-state index contributed by atoms with van der Waals surface area (Å²) in [5.41, 5.74) is -0.339. The molecule has 0 aromatic heterocycles. The molecule has 5 heteroatoms. The van der Waals surface area contributed by atoms with E-state index in [1.54, 1.807) is 0 Å². The van der Waals surface area contributed by atoms with E-state index < -0.39 is 11.9 Å². The number of hydrogen-bond donors (Lipinski definition) is 0. The van der Waals surface area contributed by atoms with Gasteiger partial charge in [0.05, 0.1) is 11.9 Å². The minimum atomic E-state index is -1.40. The molecule has 1 radical (unpaired) electrons. The van der Waals surface area contributed by atoms with Crippen molar-refractivity contribution in [1.82, 2.24) is 0 Å². The molecule has 0 bridgehead atoms. The van der Waals surface area contributed by atoms with Gasteiger partial charge in [0.2, 0.25) is 0 Å². The maximum atomic E-state index is 10.3. The van der Waals surface area contributed by atoms with Crippen LogP contribution in [0.5, 0.6) is 0 Å². The van der Waals surface area contributed by atoms with Crippen LogP contribution in [0.15, 0.2) is 24.3 Å². The molecule has 0 heterocycles. The molecule has 0 aliphatic heterocycles. The van der Waals surface area contributed by atoms with E-state index in [1.807, 2.05) is 0 Å². The van der Waals surface area contributed by atoms with E-state index in [4.69, 9.17) is 0 Å². The van der Waals surface area contributed by atoms with E-state index in [2.05, 4.69) is 0 Å². The van der Waals surface area contributed by atoms with E-state index in [-0.39, 0.29) is 28.2 Å². The Labute approximate surface area is 84.7 Å². The SMILES string of the molecule is O=C([O-])c1cccc(C(=O)[O-])c1.[Mn+2]. The quantitative estimate of drug-likeness (QED) is 0.561. The van der Waals surface area contributed by atoms with Gasteiger partial charge >= 0.3 is 17.1 Å². The molecule has 0 saturated carbocycles. The summed E-state index contributed by atoms with van der Waals surface area (Å²) in [6, 6.07) is 4.81. The summed E-state index contributed by atoms with van der Waals surface area (Å²) in [6.07, 6.45) is 0. The summed E-state index contributed by atoms with van der Waals surface area (Å²) >= 11 is 0. The Morgan fingerprint density at radius 1 is 1.00 bits per heavy atom. The van der Waals surface area contributed by atoms with Crippen LogP contribution in [0, 0.1) is 0 Å². The molecular weight excluding hydrogens is 215 g/mol. The summed E-state index contributed by atoms with van der Waals surface area (Å²) in [6.45, 7) is 0. The molecule has 0 atom stereocenters. The first-order valence-corrected chi connectivity index (χ1v) is 3.14. The topological polar surface area (TPSA) is 80.3 Å². The van der Waals surface area contributed by atoms with Crippen LogP contribution in [0.4, 0.5) is 0 Å². The molecule has 67 valence electrons.